The third-order valence-corrected chi connectivity index (χ3v) is 7.74. The van der Waals surface area contributed by atoms with Gasteiger partial charge in [-0.2, -0.15) is 0 Å². The van der Waals surface area contributed by atoms with Crippen molar-refractivity contribution in [3.8, 4) is 11.4 Å². The van der Waals surface area contributed by atoms with Crippen molar-refractivity contribution < 1.29 is 14.3 Å². The molecule has 4 bridgehead atoms. The smallest absolute Gasteiger partial charge is 0.323 e. The Kier molecular flexibility index (Phi) is 5.63. The van der Waals surface area contributed by atoms with E-state index in [1.165, 1.54) is 0 Å². The number of nitrogens with zero attached hydrogens (tertiary/aromatic N) is 5. The van der Waals surface area contributed by atoms with E-state index >= 15 is 0 Å². The Hall–Kier alpha value is -3.76. The van der Waals surface area contributed by atoms with E-state index in [0.717, 1.165) is 62.8 Å². The van der Waals surface area contributed by atoms with Crippen molar-refractivity contribution in [3.05, 3.63) is 54.9 Å². The van der Waals surface area contributed by atoms with Crippen LogP contribution in [0.4, 0.5) is 27.8 Å². The largest absolute Gasteiger partial charge is 0.377 e. The molecule has 4 aliphatic heterocycles. The van der Waals surface area contributed by atoms with E-state index in [2.05, 4.69) is 31.5 Å². The summed E-state index contributed by atoms with van der Waals surface area (Å²) in [6, 6.07) is 14.1. The molecule has 2 N–H and O–H groups in total. The van der Waals surface area contributed by atoms with E-state index in [9.17, 15) is 4.79 Å². The van der Waals surface area contributed by atoms with Gasteiger partial charge in [-0.25, -0.2) is 14.8 Å². The Labute approximate surface area is 215 Å². The van der Waals surface area contributed by atoms with Gasteiger partial charge in [-0.1, -0.05) is 0 Å². The fourth-order valence-corrected chi connectivity index (χ4v) is 5.94. The first-order valence-electron chi connectivity index (χ1n) is 12.9. The van der Waals surface area contributed by atoms with Crippen LogP contribution in [0.1, 0.15) is 19.3 Å². The summed E-state index contributed by atoms with van der Waals surface area (Å²) in [5.74, 6) is 2.62. The molecular weight excluding hydrogens is 470 g/mol. The summed E-state index contributed by atoms with van der Waals surface area (Å²) in [6.07, 6.45) is 6.87. The van der Waals surface area contributed by atoms with E-state index in [4.69, 9.17) is 19.4 Å². The summed E-state index contributed by atoms with van der Waals surface area (Å²) >= 11 is 0. The fraction of sp³-hybridized carbons (Fsp3) is 0.407. The topological polar surface area (TPSA) is 105 Å². The van der Waals surface area contributed by atoms with Crippen molar-refractivity contribution in [2.45, 2.75) is 43.5 Å². The molecule has 4 fully saturated rings. The van der Waals surface area contributed by atoms with Crippen LogP contribution in [-0.4, -0.2) is 71.6 Å². The molecule has 3 aromatic rings. The number of morpholine rings is 2. The molecule has 2 amide bonds. The van der Waals surface area contributed by atoms with Gasteiger partial charge in [-0.15, -0.1) is 0 Å². The highest BCUT2D eigenvalue weighted by Gasteiger charge is 2.42. The molecule has 4 saturated heterocycles. The SMILES string of the molecule is O=C(Nc1ccncc1)Nc1ccc(-c2nc(N3C4CCC3COC4)cc(N3C[C@H]4C[C@@H]3CO4)n2)cc1. The zero-order chi connectivity index (χ0) is 24.8. The van der Waals surface area contributed by atoms with Crippen molar-refractivity contribution in [1.82, 2.24) is 15.0 Å². The number of urea groups is 1. The normalized spacial score (nSPS) is 25.9. The van der Waals surface area contributed by atoms with E-state index in [0.29, 0.717) is 35.3 Å². The van der Waals surface area contributed by atoms with Crippen LogP contribution < -0.4 is 20.4 Å². The summed E-state index contributed by atoms with van der Waals surface area (Å²) < 4.78 is 11.7. The Morgan fingerprint density at radius 3 is 2.24 bits per heavy atom. The average molecular weight is 500 g/mol. The highest BCUT2D eigenvalue weighted by atomic mass is 16.5. The number of rotatable bonds is 5. The minimum absolute atomic E-state index is 0.287. The first-order valence-corrected chi connectivity index (χ1v) is 12.9. The Morgan fingerprint density at radius 1 is 0.865 bits per heavy atom. The Balaban J connectivity index is 1.16. The van der Waals surface area contributed by atoms with Crippen LogP contribution in [0, 0.1) is 0 Å². The maximum Gasteiger partial charge on any atom is 0.323 e. The maximum atomic E-state index is 12.4. The molecule has 2 unspecified atom stereocenters. The van der Waals surface area contributed by atoms with Crippen LogP contribution in [0.15, 0.2) is 54.9 Å². The zero-order valence-corrected chi connectivity index (χ0v) is 20.4. The number of anilines is 4. The third-order valence-electron chi connectivity index (χ3n) is 7.74. The average Bonchev–Trinajstić information content (AvgIpc) is 3.63. The van der Waals surface area contributed by atoms with Crippen LogP contribution in [-0.2, 0) is 9.47 Å². The van der Waals surface area contributed by atoms with Crippen molar-refractivity contribution >= 4 is 29.0 Å². The lowest BCUT2D eigenvalue weighted by Crippen LogP contribution is -2.46. The van der Waals surface area contributed by atoms with Gasteiger partial charge in [0.05, 0.1) is 44.1 Å². The minimum atomic E-state index is -0.311. The lowest BCUT2D eigenvalue weighted by atomic mass is 10.2. The quantitative estimate of drug-likeness (QED) is 0.550. The van der Waals surface area contributed by atoms with E-state index < -0.39 is 0 Å². The molecule has 10 heteroatoms. The lowest BCUT2D eigenvalue weighted by Gasteiger charge is -2.36. The van der Waals surface area contributed by atoms with Gasteiger partial charge in [0.25, 0.3) is 0 Å². The highest BCUT2D eigenvalue weighted by Crippen LogP contribution is 2.38. The number of hydrogen-bond acceptors (Lipinski definition) is 8. The first kappa shape index (κ1) is 22.4. The molecular formula is C27H29N7O3. The summed E-state index contributed by atoms with van der Waals surface area (Å²) in [6.45, 7) is 3.11. The number of nitrogens with one attached hydrogen (secondary N) is 2. The second-order valence-corrected chi connectivity index (χ2v) is 10.1. The molecule has 10 nitrogen and oxygen atoms in total. The lowest BCUT2D eigenvalue weighted by molar-refractivity contribution is 0.0902. The number of carbonyl (C=O) groups excluding carboxylic acids is 1. The molecule has 0 aliphatic carbocycles. The summed E-state index contributed by atoms with van der Waals surface area (Å²) in [7, 11) is 0. The number of carbonyl (C=O) groups is 1. The predicted molar refractivity (Wildman–Crippen MR) is 140 cm³/mol. The zero-order valence-electron chi connectivity index (χ0n) is 20.4. The van der Waals surface area contributed by atoms with Crippen LogP contribution in [0.5, 0.6) is 0 Å². The number of hydrogen-bond donors (Lipinski definition) is 2. The molecule has 4 aliphatic rings. The molecule has 190 valence electrons. The molecule has 0 saturated carbocycles. The molecule has 0 spiro atoms. The van der Waals surface area contributed by atoms with Crippen molar-refractivity contribution in [1.29, 1.82) is 0 Å². The number of benzene rings is 1. The van der Waals surface area contributed by atoms with Crippen LogP contribution in [0.2, 0.25) is 0 Å². The highest BCUT2D eigenvalue weighted by molar-refractivity contribution is 5.99. The van der Waals surface area contributed by atoms with Crippen LogP contribution >= 0.6 is 0 Å². The van der Waals surface area contributed by atoms with E-state index in [-0.39, 0.29) is 12.1 Å². The molecule has 4 atom stereocenters. The van der Waals surface area contributed by atoms with Gasteiger partial charge in [-0.05, 0) is 55.7 Å². The second-order valence-electron chi connectivity index (χ2n) is 10.1. The van der Waals surface area contributed by atoms with E-state index in [1.54, 1.807) is 24.5 Å². The number of pyridine rings is 1. The summed E-state index contributed by atoms with van der Waals surface area (Å²) in [5, 5.41) is 5.67. The number of aromatic nitrogens is 3. The van der Waals surface area contributed by atoms with Gasteiger partial charge in [0.2, 0.25) is 0 Å². The second kappa shape index (κ2) is 9.28. The Bertz CT molecular complexity index is 1270. The number of ether oxygens (including phenoxy) is 2. The molecule has 0 radical (unpaired) electrons. The third kappa shape index (κ3) is 4.36. The standard InChI is InChI=1S/C27H29N7O3/c35-27(30-19-7-9-28-10-8-19)29-18-3-1-17(2-4-18)26-31-24(33-13-23-11-22(33)16-37-23)12-25(32-26)34-20-5-6-21(34)15-36-14-20/h1-4,7-10,12,20-23H,5-6,11,13-16H2,(H2,28,29,30,35)/t20?,21?,22-,23-/m1/s1. The predicted octanol–water partition coefficient (Wildman–Crippen LogP) is 3.53. The van der Waals surface area contributed by atoms with Crippen LogP contribution in [0.3, 0.4) is 0 Å². The van der Waals surface area contributed by atoms with Crippen molar-refractivity contribution in [2.24, 2.45) is 0 Å². The van der Waals surface area contributed by atoms with E-state index in [1.807, 2.05) is 24.3 Å². The fourth-order valence-electron chi connectivity index (χ4n) is 5.94. The van der Waals surface area contributed by atoms with Gasteiger partial charge in [0, 0.05) is 41.9 Å². The Morgan fingerprint density at radius 2 is 1.57 bits per heavy atom. The molecule has 37 heavy (non-hydrogen) atoms. The number of amides is 2. The van der Waals surface area contributed by atoms with Gasteiger partial charge in [-0.3, -0.25) is 4.98 Å². The van der Waals surface area contributed by atoms with Gasteiger partial charge in [0.15, 0.2) is 5.82 Å². The molecule has 7 rings (SSSR count). The van der Waals surface area contributed by atoms with Gasteiger partial charge < -0.3 is 29.9 Å². The van der Waals surface area contributed by atoms with Crippen molar-refractivity contribution in [3.63, 3.8) is 0 Å². The van der Waals surface area contributed by atoms with Crippen molar-refractivity contribution in [2.75, 3.05) is 46.8 Å². The molecule has 2 aromatic heterocycles. The molecule has 1 aromatic carbocycles. The number of fused-ring (bicyclic) bond motifs is 4. The molecule has 6 heterocycles. The monoisotopic (exact) mass is 499 g/mol. The van der Waals surface area contributed by atoms with Gasteiger partial charge >= 0.3 is 6.03 Å². The first-order chi connectivity index (χ1) is 18.2. The maximum absolute atomic E-state index is 12.4. The van der Waals surface area contributed by atoms with Gasteiger partial charge in [0.1, 0.15) is 11.6 Å². The van der Waals surface area contributed by atoms with Crippen LogP contribution in [0.25, 0.3) is 11.4 Å². The summed E-state index contributed by atoms with van der Waals surface area (Å²) in [5.41, 5.74) is 2.27. The minimum Gasteiger partial charge on any atom is -0.377 e. The summed E-state index contributed by atoms with van der Waals surface area (Å²) in [4.78, 5) is 31.2.